The lowest BCUT2D eigenvalue weighted by Crippen LogP contribution is -2.23. The molecule has 12 aromatic rings. The van der Waals surface area contributed by atoms with E-state index in [1.807, 2.05) is 18.2 Å². The third-order valence-corrected chi connectivity index (χ3v) is 24.6. The van der Waals surface area contributed by atoms with Crippen molar-refractivity contribution in [2.75, 3.05) is 54.6 Å². The Morgan fingerprint density at radius 3 is 1.16 bits per heavy atom. The minimum absolute atomic E-state index is 0.114. The van der Waals surface area contributed by atoms with E-state index in [9.17, 15) is 19.2 Å². The molecular weight excluding hydrogens is 1490 g/mol. The first kappa shape index (κ1) is 77.3. The van der Waals surface area contributed by atoms with E-state index in [4.69, 9.17) is 9.47 Å². The zero-order valence-corrected chi connectivity index (χ0v) is 67.4. The molecule has 0 saturated heterocycles. The van der Waals surface area contributed by atoms with Gasteiger partial charge < -0.3 is 29.9 Å². The van der Waals surface area contributed by atoms with Crippen molar-refractivity contribution in [3.8, 4) is 41.8 Å². The average Bonchev–Trinajstić information content (AvgIpc) is 1.63. The number of thiophene rings is 4. The Bertz CT molecular complexity index is 5720. The number of fused-ring (bicyclic) bond motifs is 4. The van der Waals surface area contributed by atoms with Gasteiger partial charge in [0.05, 0.1) is 60.4 Å². The summed E-state index contributed by atoms with van der Waals surface area (Å²) in [5.74, 6) is 0.332. The van der Waals surface area contributed by atoms with Crippen molar-refractivity contribution in [2.24, 2.45) is 0 Å². The van der Waals surface area contributed by atoms with Crippen molar-refractivity contribution in [3.63, 3.8) is 0 Å². The second-order valence-corrected chi connectivity index (χ2v) is 32.8. The van der Waals surface area contributed by atoms with Gasteiger partial charge in [0.1, 0.15) is 6.61 Å². The van der Waals surface area contributed by atoms with Gasteiger partial charge in [-0.15, -0.1) is 89.3 Å². The lowest BCUT2D eigenvalue weighted by molar-refractivity contribution is 0.0816. The van der Waals surface area contributed by atoms with E-state index in [0.29, 0.717) is 48.6 Å². The fraction of sp³-hybridized carbons (Fsp3) is 0.209. The van der Waals surface area contributed by atoms with Crippen LogP contribution in [0.15, 0.2) is 215 Å². The largest absolute Gasteiger partial charge is 0.497 e. The molecule has 16 rings (SSSR count). The molecule has 0 aliphatic carbocycles. The van der Waals surface area contributed by atoms with Gasteiger partial charge in [0.15, 0.2) is 22.8 Å². The van der Waals surface area contributed by atoms with Gasteiger partial charge in [0.25, 0.3) is 23.6 Å². The molecule has 8 aromatic heterocycles. The van der Waals surface area contributed by atoms with E-state index in [2.05, 4.69) is 235 Å². The predicted octanol–water partition coefficient (Wildman–Crippen LogP) is 19.0. The zero-order valence-electron chi connectivity index (χ0n) is 62.5. The van der Waals surface area contributed by atoms with E-state index in [0.717, 1.165) is 141 Å². The number of carbonyl (C=O) groups excluding carboxylic acids is 4. The van der Waals surface area contributed by atoms with E-state index in [1.165, 1.54) is 33.4 Å². The highest BCUT2D eigenvalue weighted by Gasteiger charge is 2.26. The first-order valence-electron chi connectivity index (χ1n) is 35.6. The Morgan fingerprint density at radius 2 is 0.809 bits per heavy atom. The molecule has 556 valence electrons. The number of rotatable bonds is 16. The Hall–Kier alpha value is -10.9. The molecule has 0 radical (unpaired) electrons. The van der Waals surface area contributed by atoms with Gasteiger partial charge in [-0.3, -0.25) is 19.2 Å². The highest BCUT2D eigenvalue weighted by atomic mass is 32.2. The molecule has 4 aliphatic heterocycles. The molecule has 0 unspecified atom stereocenters. The molecule has 0 atom stereocenters. The van der Waals surface area contributed by atoms with Crippen molar-refractivity contribution in [1.82, 2.24) is 61.2 Å². The molecule has 4 aromatic carbocycles. The van der Waals surface area contributed by atoms with Crippen molar-refractivity contribution in [2.45, 2.75) is 66.2 Å². The first-order chi connectivity index (χ1) is 53.4. The van der Waals surface area contributed by atoms with Crippen LogP contribution in [0.3, 0.4) is 0 Å². The fourth-order valence-electron chi connectivity index (χ4n) is 12.2. The van der Waals surface area contributed by atoms with Gasteiger partial charge in [-0.25, -0.2) is 0 Å². The van der Waals surface area contributed by atoms with Crippen LogP contribution in [0.2, 0.25) is 0 Å². The van der Waals surface area contributed by atoms with Crippen molar-refractivity contribution in [1.29, 1.82) is 0 Å². The minimum atomic E-state index is -0.225. The number of aromatic nitrogens is 8. The van der Waals surface area contributed by atoms with E-state index >= 15 is 0 Å². The number of nitrogens with zero attached hydrogens (tertiary/aromatic N) is 10. The summed E-state index contributed by atoms with van der Waals surface area (Å²) >= 11 is 9.86. The highest BCUT2D eigenvalue weighted by molar-refractivity contribution is 8.05. The molecule has 0 bridgehead atoms. The van der Waals surface area contributed by atoms with Crippen LogP contribution in [0, 0.1) is 27.7 Å². The molecule has 18 nitrogen and oxygen atoms in total. The maximum Gasteiger partial charge on any atom is 0.275 e. The quantitative estimate of drug-likeness (QED) is 0.0918. The highest BCUT2D eigenvalue weighted by Crippen LogP contribution is 2.42. The number of aryl methyl sites for hydroxylation is 4. The number of nitrogens with one attached hydrogen (secondary N) is 2. The van der Waals surface area contributed by atoms with Gasteiger partial charge in [0, 0.05) is 115 Å². The minimum Gasteiger partial charge on any atom is -0.497 e. The molecule has 0 spiro atoms. The van der Waals surface area contributed by atoms with Crippen LogP contribution >= 0.6 is 68.9 Å². The van der Waals surface area contributed by atoms with Gasteiger partial charge in [-0.05, 0) is 132 Å². The van der Waals surface area contributed by atoms with Crippen LogP contribution in [-0.4, -0.2) is 129 Å². The number of amides is 4. The summed E-state index contributed by atoms with van der Waals surface area (Å²) in [5.41, 5.74) is 19.3. The number of thioether (sulfide) groups is 2. The predicted molar refractivity (Wildman–Crippen MR) is 453 cm³/mol. The first-order valence-corrected chi connectivity index (χ1v) is 40.9. The number of hydrogen-bond donors (Lipinski definition) is 2. The Kier molecular flexibility index (Phi) is 25.1. The second-order valence-electron chi connectivity index (χ2n) is 27.0. The average molecular weight is 1570 g/mol. The number of benzene rings is 4. The molecule has 110 heavy (non-hydrogen) atoms. The molecule has 0 saturated carbocycles. The number of ether oxygens (including phenoxy) is 2. The molecule has 24 heteroatoms. The Balaban J connectivity index is 0.000000129. The van der Waals surface area contributed by atoms with Crippen LogP contribution < -0.4 is 10.6 Å². The van der Waals surface area contributed by atoms with Crippen molar-refractivity contribution >= 4 is 133 Å². The Labute approximate surface area is 663 Å². The molecule has 4 aliphatic rings. The summed E-state index contributed by atoms with van der Waals surface area (Å²) in [6.45, 7) is 8.89. The van der Waals surface area contributed by atoms with Gasteiger partial charge >= 0.3 is 0 Å². The van der Waals surface area contributed by atoms with E-state index < -0.39 is 0 Å². The van der Waals surface area contributed by atoms with Crippen molar-refractivity contribution in [3.05, 3.63) is 283 Å². The van der Waals surface area contributed by atoms with E-state index in [-0.39, 0.29) is 23.6 Å². The third kappa shape index (κ3) is 18.4. The summed E-state index contributed by atoms with van der Waals surface area (Å²) in [6, 6.07) is 42.2. The summed E-state index contributed by atoms with van der Waals surface area (Å²) in [4.78, 5) is 57.4. The van der Waals surface area contributed by atoms with E-state index in [1.54, 1.807) is 140 Å². The summed E-state index contributed by atoms with van der Waals surface area (Å²) < 4.78 is 14.2. The number of allylic oxidation sites excluding steroid dienone is 8. The van der Waals surface area contributed by atoms with Gasteiger partial charge in [0.2, 0.25) is 0 Å². The molecule has 4 amide bonds. The molecule has 12 heterocycles. The van der Waals surface area contributed by atoms with Crippen LogP contribution in [-0.2, 0) is 35.2 Å². The normalized spacial score (nSPS) is 13.5. The second kappa shape index (κ2) is 35.7. The third-order valence-electron chi connectivity index (χ3n) is 18.2. The van der Waals surface area contributed by atoms with Crippen LogP contribution in [0.25, 0.3) is 82.1 Å². The van der Waals surface area contributed by atoms with Gasteiger partial charge in [-0.1, -0.05) is 149 Å². The van der Waals surface area contributed by atoms with Crippen molar-refractivity contribution < 1.29 is 28.7 Å². The van der Waals surface area contributed by atoms with Crippen LogP contribution in [0.1, 0.15) is 99.8 Å². The number of hydrogen-bond acceptors (Lipinski definition) is 20. The van der Waals surface area contributed by atoms with Crippen LogP contribution in [0.4, 0.5) is 0 Å². The SMILES string of the molecule is CNC(=O)c1nnc(CC2=COC=CC2)c2cc(-c3ccc(C)cc3)sc12.CNC(=O)c1nnc(CC2=COCC=C2)c2cc(-c3ccc(C)cc3)sc12.Cc1ccc(-c2cc3c(CC4=CSC=CC4)nnc(C(=O)N(C)C)c3s2)cc1.Cc1ccc(-c2cc3c(CC4=CSCC=C4)nnc(C(=O)N(C)C)c3s2)cc1. The Morgan fingerprint density at radius 1 is 0.427 bits per heavy atom. The van der Waals surface area contributed by atoms with Gasteiger partial charge in [-0.2, -0.15) is 20.4 Å². The number of carbonyl (C=O) groups is 4. The lowest BCUT2D eigenvalue weighted by Gasteiger charge is -2.12. The molecule has 2 N–H and O–H groups in total. The maximum absolute atomic E-state index is 12.7. The summed E-state index contributed by atoms with van der Waals surface area (Å²) in [6.07, 6.45) is 22.2. The standard InChI is InChI=1S/2C22H21N3OS2.2C21H19N3O2S/c2*1-14-6-8-16(9-7-14)19-12-17-18(11-15-5-4-10-27-13-15)23-24-20(21(17)28-19)22(26)25(2)3;2*1-13-5-7-15(8-6-13)18-11-16-17(10-14-4-3-9-26-12-14)23-24-19(20(16)27-18)21(25)22-2/h4,6-10,12-13H,5,11H2,1-3H3;4-9,12-13H,10-11H2,1-3H3;3,5-9,11-12H,4,10H2,1-2H3,(H,22,25);3-8,11-12H,9-10H2,1-2H3,(H,22,25). The smallest absolute Gasteiger partial charge is 0.275 e. The monoisotopic (exact) mass is 1570 g/mol. The fourth-order valence-corrected chi connectivity index (χ4v) is 18.2. The summed E-state index contributed by atoms with van der Waals surface area (Å²) in [7, 11) is 10.2. The molecular formula is C86H80N12O6S6. The van der Waals surface area contributed by atoms with Crippen LogP contribution in [0.5, 0.6) is 0 Å². The lowest BCUT2D eigenvalue weighted by atomic mass is 10.0. The topological polar surface area (TPSA) is 220 Å². The summed E-state index contributed by atoms with van der Waals surface area (Å²) in [5, 5.41) is 50.5. The zero-order chi connectivity index (χ0) is 77.0. The molecule has 0 fully saturated rings. The maximum atomic E-state index is 12.7.